The smallest absolute Gasteiger partial charge is 0.243 e. The van der Waals surface area contributed by atoms with Gasteiger partial charge in [0, 0.05) is 37.0 Å². The highest BCUT2D eigenvalue weighted by atomic mass is 35.5. The summed E-state index contributed by atoms with van der Waals surface area (Å²) in [6.45, 7) is 4.21. The molecule has 4 rings (SSSR count). The minimum absolute atomic E-state index is 0.0828. The highest BCUT2D eigenvalue weighted by Crippen LogP contribution is 2.26. The summed E-state index contributed by atoms with van der Waals surface area (Å²) in [7, 11) is -3.58. The van der Waals surface area contributed by atoms with Crippen LogP contribution >= 0.6 is 11.6 Å². The summed E-state index contributed by atoms with van der Waals surface area (Å²) in [5.41, 5.74) is 4.26. The number of rotatable bonds is 13. The lowest BCUT2D eigenvalue weighted by molar-refractivity contribution is -0.141. The van der Waals surface area contributed by atoms with Gasteiger partial charge in [-0.2, -0.15) is 0 Å². The number of carbonyl (C=O) groups is 2. The van der Waals surface area contributed by atoms with E-state index in [1.807, 2.05) is 74.5 Å². The Labute approximate surface area is 261 Å². The predicted octanol–water partition coefficient (Wildman–Crippen LogP) is 6.20. The van der Waals surface area contributed by atoms with E-state index in [4.69, 9.17) is 11.6 Å². The molecule has 2 amide bonds. The molecule has 0 aliphatic heterocycles. The fourth-order valence-electron chi connectivity index (χ4n) is 5.74. The number of aryl methyl sites for hydroxylation is 1. The van der Waals surface area contributed by atoms with Crippen LogP contribution in [0, 0.1) is 13.8 Å². The first-order valence-electron chi connectivity index (χ1n) is 14.9. The van der Waals surface area contributed by atoms with Crippen molar-refractivity contribution in [3.05, 3.63) is 100 Å². The van der Waals surface area contributed by atoms with Crippen LogP contribution in [0.5, 0.6) is 0 Å². The van der Waals surface area contributed by atoms with Gasteiger partial charge in [0.15, 0.2) is 0 Å². The maximum absolute atomic E-state index is 14.0. The van der Waals surface area contributed by atoms with Gasteiger partial charge in [0.1, 0.15) is 6.04 Å². The van der Waals surface area contributed by atoms with E-state index in [9.17, 15) is 18.0 Å². The molecule has 230 valence electrons. The number of nitrogens with zero attached hydrogens (tertiary/aromatic N) is 2. The number of sulfonamides is 1. The van der Waals surface area contributed by atoms with Crippen LogP contribution in [0.25, 0.3) is 0 Å². The van der Waals surface area contributed by atoms with Gasteiger partial charge in [-0.25, -0.2) is 8.42 Å². The summed E-state index contributed by atoms with van der Waals surface area (Å²) in [6.07, 6.45) is 5.97. The van der Waals surface area contributed by atoms with Crippen LogP contribution in [0.2, 0.25) is 5.02 Å². The zero-order valence-electron chi connectivity index (χ0n) is 25.3. The van der Waals surface area contributed by atoms with Crippen molar-refractivity contribution in [2.45, 2.75) is 77.4 Å². The molecule has 0 bridgehead atoms. The second-order valence-electron chi connectivity index (χ2n) is 11.5. The highest BCUT2D eigenvalue weighted by Gasteiger charge is 2.32. The summed E-state index contributed by atoms with van der Waals surface area (Å²) >= 11 is 6.29. The molecule has 1 saturated carbocycles. The quantitative estimate of drug-likeness (QED) is 0.246. The second kappa shape index (κ2) is 14.9. The fraction of sp³-hybridized carbons (Fsp3) is 0.412. The van der Waals surface area contributed by atoms with E-state index in [-0.39, 0.29) is 37.4 Å². The van der Waals surface area contributed by atoms with Crippen LogP contribution in [0.3, 0.4) is 0 Å². The molecule has 3 aromatic rings. The molecule has 1 atom stereocenters. The summed E-state index contributed by atoms with van der Waals surface area (Å²) < 4.78 is 27.0. The van der Waals surface area contributed by atoms with Crippen molar-refractivity contribution in [3.8, 4) is 0 Å². The van der Waals surface area contributed by atoms with Crippen molar-refractivity contribution in [3.63, 3.8) is 0 Å². The number of hydrogen-bond donors (Lipinski definition) is 1. The van der Waals surface area contributed by atoms with E-state index in [0.29, 0.717) is 23.6 Å². The fourth-order valence-corrected chi connectivity index (χ4v) is 6.97. The molecule has 1 fully saturated rings. The maximum atomic E-state index is 14.0. The normalized spacial score (nSPS) is 14.3. The second-order valence-corrected chi connectivity index (χ2v) is 13.8. The molecule has 9 heteroatoms. The molecule has 0 heterocycles. The monoisotopic (exact) mass is 623 g/mol. The standard InChI is InChI=1S/C34H42ClN3O4S/c1-25-12-9-19-31(26(25)2)38(43(3,41)42)21-11-20-33(39)37(24-28-15-10-16-29(35)22-28)32(23-27-13-5-4-6-14-27)34(40)36-30-17-7-8-18-30/h4-6,9-10,12-16,19,22,30,32H,7-8,11,17-18,20-21,23-24H2,1-3H3,(H,36,40)/t32-/m1/s1. The first-order chi connectivity index (χ1) is 20.5. The van der Waals surface area contributed by atoms with Gasteiger partial charge in [-0.15, -0.1) is 0 Å². The third-order valence-electron chi connectivity index (χ3n) is 8.21. The lowest BCUT2D eigenvalue weighted by Gasteiger charge is -2.33. The highest BCUT2D eigenvalue weighted by molar-refractivity contribution is 7.92. The Morgan fingerprint density at radius 3 is 2.30 bits per heavy atom. The van der Waals surface area contributed by atoms with Crippen LogP contribution in [0.15, 0.2) is 72.8 Å². The molecule has 1 aliphatic rings. The average molecular weight is 624 g/mol. The number of nitrogens with one attached hydrogen (secondary N) is 1. The molecule has 0 unspecified atom stereocenters. The van der Waals surface area contributed by atoms with E-state index in [1.54, 1.807) is 17.0 Å². The van der Waals surface area contributed by atoms with Crippen molar-refractivity contribution >= 4 is 39.1 Å². The number of carbonyl (C=O) groups excluding carboxylic acids is 2. The van der Waals surface area contributed by atoms with Gasteiger partial charge in [-0.05, 0) is 73.6 Å². The Hall–Kier alpha value is -3.36. The summed E-state index contributed by atoms with van der Waals surface area (Å²) in [6, 6.07) is 22.0. The first-order valence-corrected chi connectivity index (χ1v) is 17.2. The minimum atomic E-state index is -3.58. The van der Waals surface area contributed by atoms with E-state index in [0.717, 1.165) is 47.9 Å². The van der Waals surface area contributed by atoms with Gasteiger partial charge in [0.2, 0.25) is 21.8 Å². The molecule has 1 N–H and O–H groups in total. The topological polar surface area (TPSA) is 86.8 Å². The predicted molar refractivity (Wildman–Crippen MR) is 174 cm³/mol. The van der Waals surface area contributed by atoms with Crippen LogP contribution in [0.4, 0.5) is 5.69 Å². The SMILES string of the molecule is Cc1cccc(N(CCCC(=O)N(Cc2cccc(Cl)c2)[C@H](Cc2ccccc2)C(=O)NC2CCCC2)S(C)(=O)=O)c1C. The van der Waals surface area contributed by atoms with Gasteiger partial charge >= 0.3 is 0 Å². The molecule has 0 aromatic heterocycles. The summed E-state index contributed by atoms with van der Waals surface area (Å²) in [4.78, 5) is 29.5. The van der Waals surface area contributed by atoms with Crippen LogP contribution in [0.1, 0.15) is 60.8 Å². The molecule has 0 spiro atoms. The third kappa shape index (κ3) is 9.07. The Balaban J connectivity index is 1.60. The summed E-state index contributed by atoms with van der Waals surface area (Å²) in [5.74, 6) is -0.379. The van der Waals surface area contributed by atoms with Crippen molar-refractivity contribution in [2.75, 3.05) is 17.1 Å². The average Bonchev–Trinajstić information content (AvgIpc) is 3.47. The molecule has 7 nitrogen and oxygen atoms in total. The van der Waals surface area contributed by atoms with Crippen LogP contribution in [-0.4, -0.2) is 50.0 Å². The maximum Gasteiger partial charge on any atom is 0.243 e. The molecule has 1 aliphatic carbocycles. The van der Waals surface area contributed by atoms with Gasteiger partial charge in [-0.1, -0.05) is 79.0 Å². The third-order valence-corrected chi connectivity index (χ3v) is 9.63. The molecular formula is C34H42ClN3O4S. The minimum Gasteiger partial charge on any atom is -0.352 e. The Morgan fingerprint density at radius 1 is 0.953 bits per heavy atom. The van der Waals surface area contributed by atoms with Gasteiger partial charge in [-0.3, -0.25) is 13.9 Å². The lowest BCUT2D eigenvalue weighted by Crippen LogP contribution is -2.52. The van der Waals surface area contributed by atoms with Gasteiger partial charge < -0.3 is 10.2 Å². The number of benzene rings is 3. The lowest BCUT2D eigenvalue weighted by atomic mass is 10.0. The van der Waals surface area contributed by atoms with Crippen molar-refractivity contribution in [2.24, 2.45) is 0 Å². The van der Waals surface area contributed by atoms with Gasteiger partial charge in [0.25, 0.3) is 0 Å². The van der Waals surface area contributed by atoms with E-state index >= 15 is 0 Å². The van der Waals surface area contributed by atoms with Crippen molar-refractivity contribution in [1.82, 2.24) is 10.2 Å². The Kier molecular flexibility index (Phi) is 11.3. The molecule has 43 heavy (non-hydrogen) atoms. The molecule has 3 aromatic carbocycles. The zero-order valence-corrected chi connectivity index (χ0v) is 26.8. The molecule has 0 saturated heterocycles. The van der Waals surface area contributed by atoms with Crippen LogP contribution < -0.4 is 9.62 Å². The van der Waals surface area contributed by atoms with E-state index < -0.39 is 16.1 Å². The Morgan fingerprint density at radius 2 is 1.63 bits per heavy atom. The number of hydrogen-bond acceptors (Lipinski definition) is 4. The number of anilines is 1. The largest absolute Gasteiger partial charge is 0.352 e. The first kappa shape index (κ1) is 32.6. The summed E-state index contributed by atoms with van der Waals surface area (Å²) in [5, 5.41) is 3.77. The van der Waals surface area contributed by atoms with Crippen molar-refractivity contribution < 1.29 is 18.0 Å². The van der Waals surface area contributed by atoms with Crippen LogP contribution in [-0.2, 0) is 32.6 Å². The van der Waals surface area contributed by atoms with Gasteiger partial charge in [0.05, 0.1) is 11.9 Å². The Bertz CT molecular complexity index is 1510. The van der Waals surface area contributed by atoms with Crippen molar-refractivity contribution in [1.29, 1.82) is 0 Å². The zero-order chi connectivity index (χ0) is 31.0. The van der Waals surface area contributed by atoms with E-state index in [1.165, 1.54) is 10.6 Å². The number of halogens is 1. The molecule has 0 radical (unpaired) electrons. The molecular weight excluding hydrogens is 582 g/mol. The van der Waals surface area contributed by atoms with E-state index in [2.05, 4.69) is 5.32 Å². The number of amides is 2.